The van der Waals surface area contributed by atoms with Crippen molar-refractivity contribution in [1.82, 2.24) is 5.32 Å². The number of rotatable bonds is 3. The van der Waals surface area contributed by atoms with Crippen LogP contribution in [0.3, 0.4) is 0 Å². The fraction of sp³-hybridized carbons (Fsp3) is 0.200. The number of amides is 1. The molecule has 0 saturated heterocycles. The van der Waals surface area contributed by atoms with E-state index in [9.17, 15) is 9.59 Å². The Balaban J connectivity index is 2.40. The zero-order chi connectivity index (χ0) is 10.4. The molecule has 0 heterocycles. The van der Waals surface area contributed by atoms with Crippen LogP contribution in [-0.4, -0.2) is 18.6 Å². The molecule has 0 atom stereocenters. The third-order valence-electron chi connectivity index (χ3n) is 1.53. The van der Waals surface area contributed by atoms with Gasteiger partial charge >= 0.3 is 5.97 Å². The molecule has 1 N–H and O–H groups in total. The van der Waals surface area contributed by atoms with E-state index < -0.39 is 5.97 Å². The first-order valence-corrected chi connectivity index (χ1v) is 4.17. The van der Waals surface area contributed by atoms with Gasteiger partial charge in [-0.15, -0.1) is 0 Å². The molecular weight excluding hydrogens is 182 g/mol. The van der Waals surface area contributed by atoms with Gasteiger partial charge in [-0.2, -0.15) is 0 Å². The SMILES string of the molecule is CC(=O)NCOC(=O)c1ccccc1. The fourth-order valence-electron chi connectivity index (χ4n) is 0.861. The summed E-state index contributed by atoms with van der Waals surface area (Å²) in [4.78, 5) is 21.7. The number of esters is 1. The molecule has 74 valence electrons. The van der Waals surface area contributed by atoms with Crippen molar-refractivity contribution in [1.29, 1.82) is 0 Å². The Morgan fingerprint density at radius 2 is 1.93 bits per heavy atom. The number of hydrogen-bond donors (Lipinski definition) is 1. The predicted molar refractivity (Wildman–Crippen MR) is 50.5 cm³/mol. The summed E-state index contributed by atoms with van der Waals surface area (Å²) in [5, 5.41) is 2.36. The van der Waals surface area contributed by atoms with Crippen LogP contribution in [0.25, 0.3) is 0 Å². The van der Waals surface area contributed by atoms with Crippen LogP contribution in [-0.2, 0) is 9.53 Å². The lowest BCUT2D eigenvalue weighted by Gasteiger charge is -2.04. The fourth-order valence-corrected chi connectivity index (χ4v) is 0.861. The van der Waals surface area contributed by atoms with E-state index in [1.54, 1.807) is 24.3 Å². The standard InChI is InChI=1S/C10H11NO3/c1-8(12)11-7-14-10(13)9-5-3-2-4-6-9/h2-6H,7H2,1H3,(H,11,12). The summed E-state index contributed by atoms with van der Waals surface area (Å²) in [6, 6.07) is 8.60. The van der Waals surface area contributed by atoms with E-state index in [1.165, 1.54) is 6.92 Å². The van der Waals surface area contributed by atoms with E-state index in [0.717, 1.165) is 0 Å². The van der Waals surface area contributed by atoms with E-state index in [2.05, 4.69) is 5.32 Å². The molecule has 4 nitrogen and oxygen atoms in total. The monoisotopic (exact) mass is 193 g/mol. The van der Waals surface area contributed by atoms with Crippen LogP contribution in [0.15, 0.2) is 30.3 Å². The molecule has 0 aliphatic carbocycles. The number of carbonyl (C=O) groups excluding carboxylic acids is 2. The minimum Gasteiger partial charge on any atom is -0.441 e. The Morgan fingerprint density at radius 3 is 2.50 bits per heavy atom. The number of benzene rings is 1. The molecule has 0 aliphatic rings. The first-order chi connectivity index (χ1) is 6.70. The highest BCUT2D eigenvalue weighted by Gasteiger charge is 2.04. The lowest BCUT2D eigenvalue weighted by Crippen LogP contribution is -2.25. The van der Waals surface area contributed by atoms with Gasteiger partial charge in [-0.1, -0.05) is 18.2 Å². The molecule has 4 heteroatoms. The molecule has 0 unspecified atom stereocenters. The van der Waals surface area contributed by atoms with Crippen LogP contribution in [0.5, 0.6) is 0 Å². The molecule has 0 aliphatic heterocycles. The van der Waals surface area contributed by atoms with Crippen LogP contribution in [0, 0.1) is 0 Å². The zero-order valence-electron chi connectivity index (χ0n) is 7.82. The highest BCUT2D eigenvalue weighted by molar-refractivity contribution is 5.89. The van der Waals surface area contributed by atoms with Crippen molar-refractivity contribution in [2.45, 2.75) is 6.92 Å². The van der Waals surface area contributed by atoms with Crippen molar-refractivity contribution in [3.63, 3.8) is 0 Å². The predicted octanol–water partition coefficient (Wildman–Crippen LogP) is 0.937. The van der Waals surface area contributed by atoms with Crippen molar-refractivity contribution < 1.29 is 14.3 Å². The molecule has 0 aromatic heterocycles. The third kappa shape index (κ3) is 3.26. The molecule has 0 spiro atoms. The van der Waals surface area contributed by atoms with E-state index in [0.29, 0.717) is 5.56 Å². The smallest absolute Gasteiger partial charge is 0.339 e. The van der Waals surface area contributed by atoms with Crippen LogP contribution in [0.1, 0.15) is 17.3 Å². The number of hydrogen-bond acceptors (Lipinski definition) is 3. The van der Waals surface area contributed by atoms with Gasteiger partial charge in [0.25, 0.3) is 0 Å². The highest BCUT2D eigenvalue weighted by atomic mass is 16.5. The molecular formula is C10H11NO3. The third-order valence-corrected chi connectivity index (χ3v) is 1.53. The largest absolute Gasteiger partial charge is 0.441 e. The molecule has 0 radical (unpaired) electrons. The van der Waals surface area contributed by atoms with Crippen LogP contribution < -0.4 is 5.32 Å². The maximum Gasteiger partial charge on any atom is 0.339 e. The first kappa shape index (κ1) is 10.2. The topological polar surface area (TPSA) is 55.4 Å². The minimum absolute atomic E-state index is 0.0942. The van der Waals surface area contributed by atoms with Crippen molar-refractivity contribution in [3.05, 3.63) is 35.9 Å². The summed E-state index contributed by atoms with van der Waals surface area (Å²) < 4.78 is 4.77. The van der Waals surface area contributed by atoms with Crippen molar-refractivity contribution in [2.24, 2.45) is 0 Å². The first-order valence-electron chi connectivity index (χ1n) is 4.17. The number of carbonyl (C=O) groups is 2. The number of ether oxygens (including phenoxy) is 1. The van der Waals surface area contributed by atoms with Gasteiger partial charge in [0, 0.05) is 6.92 Å². The van der Waals surface area contributed by atoms with Gasteiger partial charge in [0.1, 0.15) is 0 Å². The van der Waals surface area contributed by atoms with Crippen LogP contribution >= 0.6 is 0 Å². The maximum atomic E-state index is 11.3. The zero-order valence-corrected chi connectivity index (χ0v) is 7.82. The Hall–Kier alpha value is -1.84. The van der Waals surface area contributed by atoms with Gasteiger partial charge in [0.15, 0.2) is 6.73 Å². The molecule has 1 aromatic carbocycles. The molecule has 0 fully saturated rings. The van der Waals surface area contributed by atoms with E-state index in [-0.39, 0.29) is 12.6 Å². The quantitative estimate of drug-likeness (QED) is 0.574. The second-order valence-corrected chi connectivity index (χ2v) is 2.68. The van der Waals surface area contributed by atoms with Gasteiger partial charge in [-0.05, 0) is 12.1 Å². The summed E-state index contributed by atoms with van der Waals surface area (Å²) in [6.07, 6.45) is 0. The van der Waals surface area contributed by atoms with E-state index >= 15 is 0 Å². The minimum atomic E-state index is -0.445. The van der Waals surface area contributed by atoms with Crippen molar-refractivity contribution in [3.8, 4) is 0 Å². The molecule has 1 rings (SSSR count). The van der Waals surface area contributed by atoms with Crippen LogP contribution in [0.4, 0.5) is 0 Å². The Morgan fingerprint density at radius 1 is 1.29 bits per heavy atom. The van der Waals surface area contributed by atoms with Crippen molar-refractivity contribution >= 4 is 11.9 Å². The second kappa shape index (κ2) is 5.01. The Labute approximate surface area is 81.9 Å². The highest BCUT2D eigenvalue weighted by Crippen LogP contribution is 1.99. The average Bonchev–Trinajstić information content (AvgIpc) is 2.18. The van der Waals surface area contributed by atoms with Gasteiger partial charge in [0.2, 0.25) is 5.91 Å². The Kier molecular flexibility index (Phi) is 3.67. The average molecular weight is 193 g/mol. The number of nitrogens with one attached hydrogen (secondary N) is 1. The summed E-state index contributed by atoms with van der Waals surface area (Å²) in [5.41, 5.74) is 0.470. The second-order valence-electron chi connectivity index (χ2n) is 2.68. The van der Waals surface area contributed by atoms with E-state index in [4.69, 9.17) is 4.74 Å². The van der Waals surface area contributed by atoms with Gasteiger partial charge < -0.3 is 10.1 Å². The summed E-state index contributed by atoms with van der Waals surface area (Å²) in [5.74, 6) is -0.676. The van der Waals surface area contributed by atoms with E-state index in [1.807, 2.05) is 6.07 Å². The molecule has 0 bridgehead atoms. The van der Waals surface area contributed by atoms with Gasteiger partial charge in [0.05, 0.1) is 5.56 Å². The molecule has 0 saturated carbocycles. The maximum absolute atomic E-state index is 11.3. The Bertz CT molecular complexity index is 321. The van der Waals surface area contributed by atoms with Gasteiger partial charge in [-0.3, -0.25) is 4.79 Å². The summed E-state index contributed by atoms with van der Waals surface area (Å²) in [6.45, 7) is 1.26. The summed E-state index contributed by atoms with van der Waals surface area (Å²) >= 11 is 0. The summed E-state index contributed by atoms with van der Waals surface area (Å²) in [7, 11) is 0. The van der Waals surface area contributed by atoms with Crippen LogP contribution in [0.2, 0.25) is 0 Å². The molecule has 1 aromatic rings. The van der Waals surface area contributed by atoms with Gasteiger partial charge in [-0.25, -0.2) is 4.79 Å². The normalized spacial score (nSPS) is 9.21. The van der Waals surface area contributed by atoms with Crippen molar-refractivity contribution in [2.75, 3.05) is 6.73 Å². The molecule has 14 heavy (non-hydrogen) atoms. The lowest BCUT2D eigenvalue weighted by molar-refractivity contribution is -0.120. The lowest BCUT2D eigenvalue weighted by atomic mass is 10.2. The molecule has 1 amide bonds.